The number of hydrazone groups is 1. The van der Waals surface area contributed by atoms with Crippen molar-refractivity contribution in [2.24, 2.45) is 5.10 Å². The first-order chi connectivity index (χ1) is 15.0. The van der Waals surface area contributed by atoms with Crippen molar-refractivity contribution in [1.29, 1.82) is 5.26 Å². The van der Waals surface area contributed by atoms with Crippen LogP contribution in [-0.4, -0.2) is 41.2 Å². The number of nitrogens with zero attached hydrogens (tertiary/aromatic N) is 3. The summed E-state index contributed by atoms with van der Waals surface area (Å²) in [6, 6.07) is 17.9. The molecule has 0 spiro atoms. The smallest absolute Gasteiger partial charge is 0.307 e. The molecule has 0 saturated heterocycles. The number of amides is 2. The van der Waals surface area contributed by atoms with E-state index >= 15 is 0 Å². The van der Waals surface area contributed by atoms with Crippen molar-refractivity contribution in [2.45, 2.75) is 32.3 Å². The summed E-state index contributed by atoms with van der Waals surface area (Å²) < 4.78 is 5.12. The van der Waals surface area contributed by atoms with Crippen LogP contribution in [0.5, 0.6) is 0 Å². The summed E-state index contributed by atoms with van der Waals surface area (Å²) >= 11 is 0. The molecule has 3 rings (SSSR count). The second kappa shape index (κ2) is 10.2. The zero-order valence-corrected chi connectivity index (χ0v) is 17.1. The molecule has 2 amide bonds. The van der Waals surface area contributed by atoms with Gasteiger partial charge in [0.1, 0.15) is 0 Å². The molecule has 31 heavy (non-hydrogen) atoms. The fourth-order valence-electron chi connectivity index (χ4n) is 2.99. The summed E-state index contributed by atoms with van der Waals surface area (Å²) in [5.41, 5.74) is 2.77. The average molecular weight is 418 g/mol. The number of hydrogen-bond donors (Lipinski definition) is 1. The molecule has 2 aromatic rings. The van der Waals surface area contributed by atoms with E-state index < -0.39 is 18.0 Å². The summed E-state index contributed by atoms with van der Waals surface area (Å²) in [6.45, 7) is 1.93. The number of carbonyl (C=O) groups excluding carboxylic acids is 3. The van der Waals surface area contributed by atoms with Crippen LogP contribution in [0.15, 0.2) is 59.7 Å². The third-order valence-corrected chi connectivity index (χ3v) is 4.70. The second-order valence-electron chi connectivity index (χ2n) is 6.99. The van der Waals surface area contributed by atoms with E-state index in [1.165, 1.54) is 11.9 Å². The molecular formula is C23H22N4O4. The van der Waals surface area contributed by atoms with Crippen LogP contribution in [0.25, 0.3) is 0 Å². The molecule has 0 aromatic heterocycles. The Morgan fingerprint density at radius 3 is 2.52 bits per heavy atom. The molecule has 0 saturated carbocycles. The Hall–Kier alpha value is -3.99. The van der Waals surface area contributed by atoms with Crippen molar-refractivity contribution < 1.29 is 19.1 Å². The van der Waals surface area contributed by atoms with E-state index in [9.17, 15) is 14.4 Å². The standard InChI is InChI=1S/C23H22N4O4/c1-16(23(30)25-19-9-7-17(15-24)8-10-19)31-22(29)12-11-21(28)27-14-13-20(26-27)18-5-3-2-4-6-18/h2-10,16H,11-14H2,1H3,(H,25,30). The van der Waals surface area contributed by atoms with Gasteiger partial charge in [-0.25, -0.2) is 5.01 Å². The van der Waals surface area contributed by atoms with Crippen LogP contribution in [0.4, 0.5) is 5.69 Å². The molecule has 1 aliphatic heterocycles. The van der Waals surface area contributed by atoms with Crippen molar-refractivity contribution in [3.8, 4) is 6.07 Å². The number of carbonyl (C=O) groups is 3. The van der Waals surface area contributed by atoms with Crippen molar-refractivity contribution >= 4 is 29.2 Å². The van der Waals surface area contributed by atoms with E-state index in [1.807, 2.05) is 36.4 Å². The van der Waals surface area contributed by atoms with Crippen LogP contribution < -0.4 is 5.32 Å². The largest absolute Gasteiger partial charge is 0.453 e. The lowest BCUT2D eigenvalue weighted by Gasteiger charge is -2.14. The first-order valence-electron chi connectivity index (χ1n) is 9.90. The maximum atomic E-state index is 12.3. The topological polar surface area (TPSA) is 112 Å². The Morgan fingerprint density at radius 1 is 1.13 bits per heavy atom. The molecule has 8 heteroatoms. The van der Waals surface area contributed by atoms with Crippen LogP contribution >= 0.6 is 0 Å². The van der Waals surface area contributed by atoms with Gasteiger partial charge in [0.15, 0.2) is 6.10 Å². The van der Waals surface area contributed by atoms with Gasteiger partial charge in [0.05, 0.1) is 30.3 Å². The summed E-state index contributed by atoms with van der Waals surface area (Å²) in [7, 11) is 0. The second-order valence-corrected chi connectivity index (χ2v) is 6.99. The highest BCUT2D eigenvalue weighted by Crippen LogP contribution is 2.15. The third kappa shape index (κ3) is 6.00. The molecule has 1 atom stereocenters. The van der Waals surface area contributed by atoms with Crippen molar-refractivity contribution in [1.82, 2.24) is 5.01 Å². The predicted molar refractivity (Wildman–Crippen MR) is 114 cm³/mol. The van der Waals surface area contributed by atoms with E-state index in [4.69, 9.17) is 10.00 Å². The third-order valence-electron chi connectivity index (χ3n) is 4.70. The highest BCUT2D eigenvalue weighted by atomic mass is 16.5. The minimum absolute atomic E-state index is 0.0473. The summed E-state index contributed by atoms with van der Waals surface area (Å²) in [4.78, 5) is 36.6. The summed E-state index contributed by atoms with van der Waals surface area (Å²) in [5.74, 6) is -1.40. The van der Waals surface area contributed by atoms with E-state index in [1.54, 1.807) is 24.3 Å². The molecule has 2 aromatic carbocycles. The predicted octanol–water partition coefficient (Wildman–Crippen LogP) is 2.85. The lowest BCUT2D eigenvalue weighted by molar-refractivity contribution is -0.154. The van der Waals surface area contributed by atoms with Gasteiger partial charge >= 0.3 is 5.97 Å². The van der Waals surface area contributed by atoms with Gasteiger partial charge in [0.25, 0.3) is 5.91 Å². The Bertz CT molecular complexity index is 1030. The zero-order valence-electron chi connectivity index (χ0n) is 17.1. The van der Waals surface area contributed by atoms with Crippen LogP contribution in [0, 0.1) is 11.3 Å². The fraction of sp³-hybridized carbons (Fsp3) is 0.261. The molecule has 0 aliphatic carbocycles. The highest BCUT2D eigenvalue weighted by Gasteiger charge is 2.23. The van der Waals surface area contributed by atoms with Gasteiger partial charge in [-0.3, -0.25) is 14.4 Å². The molecular weight excluding hydrogens is 396 g/mol. The zero-order chi connectivity index (χ0) is 22.2. The molecule has 1 unspecified atom stereocenters. The minimum atomic E-state index is -1.02. The first kappa shape index (κ1) is 21.7. The van der Waals surface area contributed by atoms with Crippen molar-refractivity contribution in [3.63, 3.8) is 0 Å². The van der Waals surface area contributed by atoms with Gasteiger partial charge < -0.3 is 10.1 Å². The molecule has 0 fully saturated rings. The van der Waals surface area contributed by atoms with Gasteiger partial charge in [-0.2, -0.15) is 10.4 Å². The number of ether oxygens (including phenoxy) is 1. The van der Waals surface area contributed by atoms with Crippen molar-refractivity contribution in [2.75, 3.05) is 11.9 Å². The Kier molecular flexibility index (Phi) is 7.12. The van der Waals surface area contributed by atoms with Crippen LogP contribution in [0.3, 0.4) is 0 Å². The number of esters is 1. The van der Waals surface area contributed by atoms with Crippen LogP contribution in [0.2, 0.25) is 0 Å². The van der Waals surface area contributed by atoms with Gasteiger partial charge in [-0.05, 0) is 36.8 Å². The Labute approximate surface area is 180 Å². The molecule has 8 nitrogen and oxygen atoms in total. The van der Waals surface area contributed by atoms with E-state index in [-0.39, 0.29) is 18.7 Å². The van der Waals surface area contributed by atoms with E-state index in [0.29, 0.717) is 24.2 Å². The number of rotatable bonds is 7. The number of nitrogens with one attached hydrogen (secondary N) is 1. The lowest BCUT2D eigenvalue weighted by Crippen LogP contribution is -2.30. The summed E-state index contributed by atoms with van der Waals surface area (Å²) in [6.07, 6.45) is -0.547. The average Bonchev–Trinajstić information content (AvgIpc) is 3.29. The Morgan fingerprint density at radius 2 is 1.84 bits per heavy atom. The van der Waals surface area contributed by atoms with Gasteiger partial charge in [-0.15, -0.1) is 0 Å². The van der Waals surface area contributed by atoms with Crippen molar-refractivity contribution in [3.05, 3.63) is 65.7 Å². The normalized spacial score (nSPS) is 13.7. The molecule has 0 radical (unpaired) electrons. The number of nitriles is 1. The number of benzene rings is 2. The number of hydrogen-bond acceptors (Lipinski definition) is 6. The Balaban J connectivity index is 1.44. The monoisotopic (exact) mass is 418 g/mol. The first-order valence-corrected chi connectivity index (χ1v) is 9.90. The van der Waals surface area contributed by atoms with Crippen LogP contribution in [0.1, 0.15) is 37.3 Å². The van der Waals surface area contributed by atoms with E-state index in [0.717, 1.165) is 11.3 Å². The number of anilines is 1. The van der Waals surface area contributed by atoms with Gasteiger partial charge in [-0.1, -0.05) is 30.3 Å². The molecule has 158 valence electrons. The van der Waals surface area contributed by atoms with E-state index in [2.05, 4.69) is 10.4 Å². The maximum absolute atomic E-state index is 12.3. The highest BCUT2D eigenvalue weighted by molar-refractivity contribution is 6.02. The molecule has 0 bridgehead atoms. The molecule has 1 N–H and O–H groups in total. The van der Waals surface area contributed by atoms with Gasteiger partial charge in [0.2, 0.25) is 5.91 Å². The molecule has 1 aliphatic rings. The quantitative estimate of drug-likeness (QED) is 0.695. The fourth-order valence-corrected chi connectivity index (χ4v) is 2.99. The summed E-state index contributed by atoms with van der Waals surface area (Å²) in [5, 5.41) is 17.1. The minimum Gasteiger partial charge on any atom is -0.453 e. The molecule has 1 heterocycles. The SMILES string of the molecule is CC(OC(=O)CCC(=O)N1CCC(c2ccccc2)=N1)C(=O)Nc1ccc(C#N)cc1. The lowest BCUT2D eigenvalue weighted by atomic mass is 10.1. The van der Waals surface area contributed by atoms with Gasteiger partial charge in [0, 0.05) is 18.5 Å². The maximum Gasteiger partial charge on any atom is 0.307 e. The van der Waals surface area contributed by atoms with Crippen LogP contribution in [-0.2, 0) is 19.1 Å².